The van der Waals surface area contributed by atoms with Crippen molar-refractivity contribution in [3.05, 3.63) is 65.8 Å². The Kier molecular flexibility index (Phi) is 3.63. The summed E-state index contributed by atoms with van der Waals surface area (Å²) in [6, 6.07) is 8.73. The molecule has 1 aromatic rings. The van der Waals surface area contributed by atoms with Gasteiger partial charge in [-0.3, -0.25) is 0 Å². The summed E-state index contributed by atoms with van der Waals surface area (Å²) in [6.07, 6.45) is 8.81. The molecule has 0 heterocycles. The first kappa shape index (κ1) is 11.9. The Hall–Kier alpha value is -1.56. The monoisotopic (exact) mass is 224 g/mol. The van der Waals surface area contributed by atoms with Crippen LogP contribution in [-0.2, 0) is 0 Å². The highest BCUT2D eigenvalue weighted by Crippen LogP contribution is 2.45. The molecule has 0 bridgehead atoms. The summed E-state index contributed by atoms with van der Waals surface area (Å²) >= 11 is 0. The standard InChI is InChI=1S/C17H20/c1-4-9-14-13(6-3)16-11-7-8-12-17(16)15(14)10-5-2/h4,6-9,11-12,15H,3,5,10H2,1-2H3/b9-4-. The molecule has 0 saturated heterocycles. The van der Waals surface area contributed by atoms with Gasteiger partial charge in [-0.05, 0) is 35.6 Å². The molecule has 1 unspecified atom stereocenters. The SMILES string of the molecule is C=CC1=C(/C=C\C)C(CCC)c2ccccc21. The summed E-state index contributed by atoms with van der Waals surface area (Å²) < 4.78 is 0. The van der Waals surface area contributed by atoms with Crippen molar-refractivity contribution in [1.29, 1.82) is 0 Å². The Morgan fingerprint density at radius 1 is 1.29 bits per heavy atom. The smallest absolute Gasteiger partial charge is 0.0101 e. The molecule has 2 rings (SSSR count). The molecule has 0 saturated carbocycles. The van der Waals surface area contributed by atoms with Gasteiger partial charge in [0, 0.05) is 5.92 Å². The number of fused-ring (bicyclic) bond motifs is 1. The molecule has 1 aromatic carbocycles. The highest BCUT2D eigenvalue weighted by atomic mass is 14.3. The third-order valence-corrected chi connectivity index (χ3v) is 3.44. The molecule has 0 nitrogen and oxygen atoms in total. The van der Waals surface area contributed by atoms with E-state index in [-0.39, 0.29) is 0 Å². The Morgan fingerprint density at radius 3 is 2.71 bits per heavy atom. The Morgan fingerprint density at radius 2 is 2.06 bits per heavy atom. The second-order valence-electron chi connectivity index (χ2n) is 4.50. The number of rotatable bonds is 4. The minimum absolute atomic E-state index is 0.556. The quantitative estimate of drug-likeness (QED) is 0.667. The second kappa shape index (κ2) is 5.18. The lowest BCUT2D eigenvalue weighted by Crippen LogP contribution is -1.96. The highest BCUT2D eigenvalue weighted by molar-refractivity contribution is 5.85. The lowest BCUT2D eigenvalue weighted by Gasteiger charge is -2.13. The fraction of sp³-hybridized carbons (Fsp3) is 0.294. The number of benzene rings is 1. The summed E-state index contributed by atoms with van der Waals surface area (Å²) in [7, 11) is 0. The van der Waals surface area contributed by atoms with Gasteiger partial charge in [0.25, 0.3) is 0 Å². The lowest BCUT2D eigenvalue weighted by atomic mass is 9.91. The molecule has 0 aromatic heterocycles. The fourth-order valence-electron chi connectivity index (χ4n) is 2.77. The van der Waals surface area contributed by atoms with Gasteiger partial charge in [-0.1, -0.05) is 62.4 Å². The third kappa shape index (κ3) is 2.00. The normalized spacial score (nSPS) is 18.8. The molecule has 1 atom stereocenters. The van der Waals surface area contributed by atoms with Crippen molar-refractivity contribution in [2.75, 3.05) is 0 Å². The van der Waals surface area contributed by atoms with Gasteiger partial charge in [0.15, 0.2) is 0 Å². The summed E-state index contributed by atoms with van der Waals surface area (Å²) in [6.45, 7) is 8.31. The van der Waals surface area contributed by atoms with Gasteiger partial charge in [-0.15, -0.1) is 0 Å². The molecule has 1 aliphatic rings. The molecule has 0 spiro atoms. The van der Waals surface area contributed by atoms with Crippen molar-refractivity contribution in [3.63, 3.8) is 0 Å². The maximum atomic E-state index is 3.98. The predicted molar refractivity (Wildman–Crippen MR) is 76.0 cm³/mol. The van der Waals surface area contributed by atoms with Gasteiger partial charge in [0.2, 0.25) is 0 Å². The van der Waals surface area contributed by atoms with Crippen molar-refractivity contribution < 1.29 is 0 Å². The molecular formula is C17H20. The zero-order valence-corrected chi connectivity index (χ0v) is 10.7. The average molecular weight is 224 g/mol. The Labute approximate surface area is 104 Å². The summed E-state index contributed by atoms with van der Waals surface area (Å²) in [5, 5.41) is 0. The zero-order chi connectivity index (χ0) is 12.3. The van der Waals surface area contributed by atoms with Crippen molar-refractivity contribution in [2.24, 2.45) is 0 Å². The van der Waals surface area contributed by atoms with E-state index < -0.39 is 0 Å². The number of allylic oxidation sites excluding steroid dienone is 5. The topological polar surface area (TPSA) is 0 Å². The van der Waals surface area contributed by atoms with Crippen molar-refractivity contribution in [3.8, 4) is 0 Å². The molecule has 1 aliphatic carbocycles. The van der Waals surface area contributed by atoms with Crippen LogP contribution >= 0.6 is 0 Å². The van der Waals surface area contributed by atoms with E-state index in [4.69, 9.17) is 0 Å². The molecule has 0 N–H and O–H groups in total. The van der Waals surface area contributed by atoms with Crippen LogP contribution in [0.2, 0.25) is 0 Å². The predicted octanol–water partition coefficient (Wildman–Crippen LogP) is 5.10. The number of hydrogen-bond donors (Lipinski definition) is 0. The van der Waals surface area contributed by atoms with Crippen LogP contribution in [0.5, 0.6) is 0 Å². The minimum Gasteiger partial charge on any atom is -0.0984 e. The van der Waals surface area contributed by atoms with Crippen molar-refractivity contribution in [1.82, 2.24) is 0 Å². The van der Waals surface area contributed by atoms with Gasteiger partial charge in [0.05, 0.1) is 0 Å². The third-order valence-electron chi connectivity index (χ3n) is 3.44. The molecule has 0 aliphatic heterocycles. The average Bonchev–Trinajstić information content (AvgIpc) is 2.65. The largest absolute Gasteiger partial charge is 0.0984 e. The first-order valence-corrected chi connectivity index (χ1v) is 6.42. The molecule has 0 fully saturated rings. The van der Waals surface area contributed by atoms with E-state index in [1.807, 2.05) is 6.08 Å². The van der Waals surface area contributed by atoms with Crippen LogP contribution < -0.4 is 0 Å². The summed E-state index contributed by atoms with van der Waals surface area (Å²) in [4.78, 5) is 0. The molecule has 0 radical (unpaired) electrons. The molecule has 0 amide bonds. The van der Waals surface area contributed by atoms with Crippen LogP contribution in [0.3, 0.4) is 0 Å². The van der Waals surface area contributed by atoms with Crippen LogP contribution in [0.25, 0.3) is 5.57 Å². The van der Waals surface area contributed by atoms with Crippen LogP contribution in [0.1, 0.15) is 43.7 Å². The summed E-state index contributed by atoms with van der Waals surface area (Å²) in [5.74, 6) is 0.556. The minimum atomic E-state index is 0.556. The first-order valence-electron chi connectivity index (χ1n) is 6.42. The van der Waals surface area contributed by atoms with Crippen LogP contribution in [0, 0.1) is 0 Å². The Bertz CT molecular complexity index is 475. The van der Waals surface area contributed by atoms with Gasteiger partial charge < -0.3 is 0 Å². The van der Waals surface area contributed by atoms with E-state index >= 15 is 0 Å². The maximum Gasteiger partial charge on any atom is 0.0101 e. The van der Waals surface area contributed by atoms with Gasteiger partial charge in [-0.25, -0.2) is 0 Å². The zero-order valence-electron chi connectivity index (χ0n) is 10.7. The van der Waals surface area contributed by atoms with E-state index in [2.05, 4.69) is 56.8 Å². The molecule has 17 heavy (non-hydrogen) atoms. The van der Waals surface area contributed by atoms with E-state index in [0.29, 0.717) is 5.92 Å². The van der Waals surface area contributed by atoms with E-state index in [9.17, 15) is 0 Å². The van der Waals surface area contributed by atoms with E-state index in [0.717, 1.165) is 0 Å². The number of hydrogen-bond acceptors (Lipinski definition) is 0. The highest BCUT2D eigenvalue weighted by Gasteiger charge is 2.27. The van der Waals surface area contributed by atoms with Crippen LogP contribution in [0.4, 0.5) is 0 Å². The maximum absolute atomic E-state index is 3.98. The molecule has 88 valence electrons. The van der Waals surface area contributed by atoms with Crippen molar-refractivity contribution >= 4 is 5.57 Å². The fourth-order valence-corrected chi connectivity index (χ4v) is 2.77. The van der Waals surface area contributed by atoms with Crippen molar-refractivity contribution in [2.45, 2.75) is 32.6 Å². The van der Waals surface area contributed by atoms with Gasteiger partial charge in [-0.2, -0.15) is 0 Å². The van der Waals surface area contributed by atoms with Crippen LogP contribution in [-0.4, -0.2) is 0 Å². The first-order chi connectivity index (χ1) is 8.33. The Balaban J connectivity index is 2.57. The van der Waals surface area contributed by atoms with Gasteiger partial charge >= 0.3 is 0 Å². The second-order valence-corrected chi connectivity index (χ2v) is 4.50. The molecular weight excluding hydrogens is 204 g/mol. The lowest BCUT2D eigenvalue weighted by molar-refractivity contribution is 0.707. The summed E-state index contributed by atoms with van der Waals surface area (Å²) in [5.41, 5.74) is 5.59. The van der Waals surface area contributed by atoms with E-state index in [1.54, 1.807) is 0 Å². The van der Waals surface area contributed by atoms with E-state index in [1.165, 1.54) is 35.1 Å². The molecule has 0 heteroatoms. The van der Waals surface area contributed by atoms with Crippen LogP contribution in [0.15, 0.2) is 54.6 Å². The van der Waals surface area contributed by atoms with Gasteiger partial charge in [0.1, 0.15) is 0 Å².